The summed E-state index contributed by atoms with van der Waals surface area (Å²) in [5, 5.41) is 10.5. The van der Waals surface area contributed by atoms with Gasteiger partial charge in [-0.1, -0.05) is 18.2 Å². The van der Waals surface area contributed by atoms with E-state index in [0.717, 1.165) is 11.3 Å². The summed E-state index contributed by atoms with van der Waals surface area (Å²) in [5.74, 6) is 0.743. The fourth-order valence-electron chi connectivity index (χ4n) is 2.76. The molecular formula is C17H25NO4. The molecule has 1 fully saturated rings. The van der Waals surface area contributed by atoms with Crippen molar-refractivity contribution < 1.29 is 19.4 Å². The van der Waals surface area contributed by atoms with Crippen molar-refractivity contribution in [2.45, 2.75) is 44.8 Å². The van der Waals surface area contributed by atoms with E-state index in [1.54, 1.807) is 12.0 Å². The molecule has 0 radical (unpaired) electrons. The maximum atomic E-state index is 12.1. The first-order valence-corrected chi connectivity index (χ1v) is 7.60. The molecule has 5 heteroatoms. The molecule has 1 N–H and O–H groups in total. The Labute approximate surface area is 131 Å². The van der Waals surface area contributed by atoms with Gasteiger partial charge in [-0.2, -0.15) is 0 Å². The smallest absolute Gasteiger partial charge is 0.410 e. The average Bonchev–Trinajstić information content (AvgIpc) is 2.45. The van der Waals surface area contributed by atoms with Gasteiger partial charge in [0.15, 0.2) is 0 Å². The molecule has 22 heavy (non-hydrogen) atoms. The van der Waals surface area contributed by atoms with Crippen LogP contribution in [0.3, 0.4) is 0 Å². The Hall–Kier alpha value is -1.75. The summed E-state index contributed by atoms with van der Waals surface area (Å²) in [6.07, 6.45) is -0.316. The minimum Gasteiger partial charge on any atom is -0.496 e. The number of methoxy groups -OCH3 is 1. The van der Waals surface area contributed by atoms with E-state index in [1.807, 2.05) is 45.0 Å². The van der Waals surface area contributed by atoms with Crippen LogP contribution in [0.25, 0.3) is 0 Å². The van der Waals surface area contributed by atoms with Gasteiger partial charge in [0.25, 0.3) is 0 Å². The predicted molar refractivity (Wildman–Crippen MR) is 84.2 cm³/mol. The van der Waals surface area contributed by atoms with Gasteiger partial charge < -0.3 is 19.5 Å². The molecule has 1 aromatic carbocycles. The Morgan fingerprint density at radius 2 is 2.00 bits per heavy atom. The third kappa shape index (κ3) is 3.91. The number of hydrogen-bond acceptors (Lipinski definition) is 4. The largest absolute Gasteiger partial charge is 0.496 e. The Morgan fingerprint density at radius 1 is 1.32 bits per heavy atom. The SMILES string of the molecule is COc1ccccc1[C@@H]1CCN(C(=O)OC(C)(C)C)C[C@H]1O. The van der Waals surface area contributed by atoms with Crippen LogP contribution in [-0.2, 0) is 4.74 Å². The molecule has 2 atom stereocenters. The normalized spacial score (nSPS) is 22.3. The molecule has 1 saturated heterocycles. The van der Waals surface area contributed by atoms with Crippen molar-refractivity contribution in [3.8, 4) is 5.75 Å². The van der Waals surface area contributed by atoms with Gasteiger partial charge in [0.1, 0.15) is 11.4 Å². The summed E-state index contributed by atoms with van der Waals surface area (Å²) in [6.45, 7) is 6.35. The Kier molecular flexibility index (Phi) is 4.96. The lowest BCUT2D eigenvalue weighted by Gasteiger charge is -2.37. The highest BCUT2D eigenvalue weighted by atomic mass is 16.6. The third-order valence-corrected chi connectivity index (χ3v) is 3.77. The summed E-state index contributed by atoms with van der Waals surface area (Å²) in [4.78, 5) is 13.7. The van der Waals surface area contributed by atoms with Crippen LogP contribution in [0, 0.1) is 0 Å². The summed E-state index contributed by atoms with van der Waals surface area (Å²) in [6, 6.07) is 7.70. The van der Waals surface area contributed by atoms with Gasteiger partial charge in [-0.3, -0.25) is 0 Å². The second-order valence-electron chi connectivity index (χ2n) is 6.63. The average molecular weight is 307 g/mol. The van der Waals surface area contributed by atoms with Crippen molar-refractivity contribution in [1.29, 1.82) is 0 Å². The molecule has 0 unspecified atom stereocenters. The Morgan fingerprint density at radius 3 is 2.59 bits per heavy atom. The third-order valence-electron chi connectivity index (χ3n) is 3.77. The van der Waals surface area contributed by atoms with Crippen LogP contribution in [0.15, 0.2) is 24.3 Å². The van der Waals surface area contributed by atoms with Crippen LogP contribution in [0.1, 0.15) is 38.7 Å². The van der Waals surface area contributed by atoms with E-state index >= 15 is 0 Å². The zero-order chi connectivity index (χ0) is 16.3. The lowest BCUT2D eigenvalue weighted by Crippen LogP contribution is -2.47. The minimum absolute atomic E-state index is 0.0326. The molecule has 1 amide bonds. The molecule has 0 saturated carbocycles. The maximum Gasteiger partial charge on any atom is 0.410 e. The summed E-state index contributed by atoms with van der Waals surface area (Å²) >= 11 is 0. The van der Waals surface area contributed by atoms with Crippen molar-refractivity contribution in [2.75, 3.05) is 20.2 Å². The van der Waals surface area contributed by atoms with Crippen molar-refractivity contribution >= 4 is 6.09 Å². The first kappa shape index (κ1) is 16.6. The molecule has 0 aromatic heterocycles. The van der Waals surface area contributed by atoms with Gasteiger partial charge in [-0.05, 0) is 38.8 Å². The molecule has 1 aromatic rings. The number of piperidine rings is 1. The molecule has 1 heterocycles. The van der Waals surface area contributed by atoms with Gasteiger partial charge in [0.2, 0.25) is 0 Å². The molecule has 0 aliphatic carbocycles. The van der Waals surface area contributed by atoms with Crippen LogP contribution >= 0.6 is 0 Å². The molecule has 5 nitrogen and oxygen atoms in total. The minimum atomic E-state index is -0.627. The number of amides is 1. The number of carbonyl (C=O) groups is 1. The van der Waals surface area contributed by atoms with Gasteiger partial charge in [0, 0.05) is 12.5 Å². The number of aliphatic hydroxyl groups is 1. The van der Waals surface area contributed by atoms with Crippen LogP contribution < -0.4 is 4.74 Å². The summed E-state index contributed by atoms with van der Waals surface area (Å²) in [7, 11) is 1.63. The Bertz CT molecular complexity index is 524. The summed E-state index contributed by atoms with van der Waals surface area (Å²) in [5.41, 5.74) is 0.461. The number of aliphatic hydroxyl groups excluding tert-OH is 1. The van der Waals surface area contributed by atoms with E-state index in [2.05, 4.69) is 0 Å². The number of nitrogens with zero attached hydrogens (tertiary/aromatic N) is 1. The van der Waals surface area contributed by atoms with Crippen molar-refractivity contribution in [1.82, 2.24) is 4.90 Å². The quantitative estimate of drug-likeness (QED) is 0.913. The number of para-hydroxylation sites is 1. The fraction of sp³-hybridized carbons (Fsp3) is 0.588. The van der Waals surface area contributed by atoms with Crippen LogP contribution in [0.2, 0.25) is 0 Å². The van der Waals surface area contributed by atoms with Crippen molar-refractivity contribution in [3.05, 3.63) is 29.8 Å². The van der Waals surface area contributed by atoms with E-state index < -0.39 is 11.7 Å². The fourth-order valence-corrected chi connectivity index (χ4v) is 2.76. The monoisotopic (exact) mass is 307 g/mol. The number of hydrogen-bond donors (Lipinski definition) is 1. The first-order valence-electron chi connectivity index (χ1n) is 7.60. The summed E-state index contributed by atoms with van der Waals surface area (Å²) < 4.78 is 10.7. The molecule has 1 aliphatic heterocycles. The van der Waals surface area contributed by atoms with Gasteiger partial charge in [-0.25, -0.2) is 4.79 Å². The highest BCUT2D eigenvalue weighted by Gasteiger charge is 2.34. The topological polar surface area (TPSA) is 59.0 Å². The van der Waals surface area contributed by atoms with Crippen LogP contribution in [0.5, 0.6) is 5.75 Å². The highest BCUT2D eigenvalue weighted by molar-refractivity contribution is 5.68. The van der Waals surface area contributed by atoms with Gasteiger partial charge in [-0.15, -0.1) is 0 Å². The standard InChI is InChI=1S/C17H25NO4/c1-17(2,3)22-16(20)18-10-9-12(14(19)11-18)13-7-5-6-8-15(13)21-4/h5-8,12,14,19H,9-11H2,1-4H3/t12-,14+/m0/s1. The van der Waals surface area contributed by atoms with E-state index in [0.29, 0.717) is 13.0 Å². The number of likely N-dealkylation sites (tertiary alicyclic amines) is 1. The van der Waals surface area contributed by atoms with Crippen LogP contribution in [0.4, 0.5) is 4.79 Å². The van der Waals surface area contributed by atoms with E-state index in [-0.39, 0.29) is 18.6 Å². The second-order valence-corrected chi connectivity index (χ2v) is 6.63. The lowest BCUT2D eigenvalue weighted by atomic mass is 9.86. The van der Waals surface area contributed by atoms with Crippen molar-refractivity contribution in [2.24, 2.45) is 0 Å². The van der Waals surface area contributed by atoms with E-state index in [1.165, 1.54) is 0 Å². The number of ether oxygens (including phenoxy) is 2. The molecular weight excluding hydrogens is 282 g/mol. The number of carbonyl (C=O) groups excluding carboxylic acids is 1. The second kappa shape index (κ2) is 6.57. The number of rotatable bonds is 2. The molecule has 0 bridgehead atoms. The number of β-amino-alcohol motifs (C(OH)–C–C–N with tert-alkyl or cyclic N) is 1. The van der Waals surface area contributed by atoms with Gasteiger partial charge >= 0.3 is 6.09 Å². The maximum absolute atomic E-state index is 12.1. The van der Waals surface area contributed by atoms with Crippen LogP contribution in [-0.4, -0.2) is 48.0 Å². The Balaban J connectivity index is 2.05. The van der Waals surface area contributed by atoms with Crippen molar-refractivity contribution in [3.63, 3.8) is 0 Å². The molecule has 1 aliphatic rings. The van der Waals surface area contributed by atoms with E-state index in [4.69, 9.17) is 9.47 Å². The first-order chi connectivity index (χ1) is 10.3. The number of benzene rings is 1. The molecule has 2 rings (SSSR count). The lowest BCUT2D eigenvalue weighted by molar-refractivity contribution is -0.00169. The van der Waals surface area contributed by atoms with Gasteiger partial charge in [0.05, 0.1) is 19.8 Å². The molecule has 0 spiro atoms. The zero-order valence-corrected chi connectivity index (χ0v) is 13.7. The zero-order valence-electron chi connectivity index (χ0n) is 13.7. The highest BCUT2D eigenvalue weighted by Crippen LogP contribution is 2.34. The van der Waals surface area contributed by atoms with E-state index in [9.17, 15) is 9.90 Å². The molecule has 122 valence electrons. The predicted octanol–water partition coefficient (Wildman–Crippen LogP) is 2.78.